The van der Waals surface area contributed by atoms with Crippen LogP contribution in [0.25, 0.3) is 0 Å². The van der Waals surface area contributed by atoms with E-state index in [1.165, 1.54) is 13.2 Å². The quantitative estimate of drug-likeness (QED) is 0.851. The van der Waals surface area contributed by atoms with Crippen molar-refractivity contribution in [2.45, 2.75) is 24.8 Å². The highest BCUT2D eigenvalue weighted by molar-refractivity contribution is 5.95. The molecule has 1 aromatic carbocycles. The lowest BCUT2D eigenvalue weighted by molar-refractivity contribution is -0.296. The van der Waals surface area contributed by atoms with E-state index in [1.807, 2.05) is 0 Å². The summed E-state index contributed by atoms with van der Waals surface area (Å²) in [6, 6.07) is 3.08. The second-order valence-corrected chi connectivity index (χ2v) is 7.24. The third-order valence-electron chi connectivity index (χ3n) is 5.88. The van der Waals surface area contributed by atoms with Gasteiger partial charge in [-0.05, 0) is 42.9 Å². The Morgan fingerprint density at radius 1 is 1.17 bits per heavy atom. The number of rotatable bonds is 4. The summed E-state index contributed by atoms with van der Waals surface area (Å²) in [5, 5.41) is 2.90. The maximum absolute atomic E-state index is 13.3. The molecule has 1 N–H and O–H groups in total. The van der Waals surface area contributed by atoms with Crippen molar-refractivity contribution in [3.63, 3.8) is 0 Å². The molecule has 3 aliphatic carbocycles. The highest BCUT2D eigenvalue weighted by Crippen LogP contribution is 2.75. The first-order valence-corrected chi connectivity index (χ1v) is 7.79. The molecule has 0 unspecified atom stereocenters. The van der Waals surface area contributed by atoms with Crippen LogP contribution in [0.3, 0.4) is 0 Å². The molecular formula is C17H17F2NO4. The zero-order valence-electron chi connectivity index (χ0n) is 13.2. The fraction of sp³-hybridized carbons (Fsp3) is 0.529. The van der Waals surface area contributed by atoms with Crippen molar-refractivity contribution in [3.05, 3.63) is 35.4 Å². The van der Waals surface area contributed by atoms with Crippen LogP contribution in [-0.2, 0) is 14.3 Å². The molecular weight excluding hydrogens is 320 g/mol. The zero-order chi connectivity index (χ0) is 17.2. The van der Waals surface area contributed by atoms with E-state index in [1.54, 1.807) is 0 Å². The van der Waals surface area contributed by atoms with E-state index in [0.29, 0.717) is 32.5 Å². The van der Waals surface area contributed by atoms with Crippen molar-refractivity contribution in [1.29, 1.82) is 0 Å². The number of nitrogens with one attached hydrogen (secondary N) is 1. The van der Waals surface area contributed by atoms with Gasteiger partial charge in [0.05, 0.1) is 20.3 Å². The second-order valence-electron chi connectivity index (χ2n) is 7.24. The number of esters is 1. The predicted octanol–water partition coefficient (Wildman–Crippen LogP) is 1.81. The van der Waals surface area contributed by atoms with Gasteiger partial charge in [-0.15, -0.1) is 0 Å². The Bertz CT molecular complexity index is 724. The molecule has 5 rings (SSSR count). The van der Waals surface area contributed by atoms with E-state index >= 15 is 0 Å². The lowest BCUT2D eigenvalue weighted by Crippen LogP contribution is -2.83. The Morgan fingerprint density at radius 2 is 1.83 bits per heavy atom. The predicted molar refractivity (Wildman–Crippen MR) is 78.1 cm³/mol. The number of ether oxygens (including phenoxy) is 2. The Hall–Kier alpha value is -2.02. The molecule has 4 aliphatic rings. The Kier molecular flexibility index (Phi) is 3.07. The second kappa shape index (κ2) is 4.75. The molecule has 5 nitrogen and oxygen atoms in total. The lowest BCUT2D eigenvalue weighted by Gasteiger charge is -2.76. The van der Waals surface area contributed by atoms with E-state index in [9.17, 15) is 18.4 Å². The van der Waals surface area contributed by atoms with Gasteiger partial charge >= 0.3 is 5.97 Å². The SMILES string of the molecule is COC(=O)C1(C23CC(NC(=O)c4ccc(F)c(F)c4)(C2)C3)COC1. The Morgan fingerprint density at radius 3 is 2.33 bits per heavy atom. The summed E-state index contributed by atoms with van der Waals surface area (Å²) in [5.41, 5.74) is -1.06. The highest BCUT2D eigenvalue weighted by Gasteiger charge is 2.79. The number of carbonyl (C=O) groups is 2. The molecule has 0 spiro atoms. The average molecular weight is 337 g/mol. The van der Waals surface area contributed by atoms with Crippen molar-refractivity contribution in [3.8, 4) is 0 Å². The summed E-state index contributed by atoms with van der Waals surface area (Å²) in [6.07, 6.45) is 2.02. The van der Waals surface area contributed by atoms with Crippen LogP contribution in [0, 0.1) is 22.5 Å². The van der Waals surface area contributed by atoms with Gasteiger partial charge < -0.3 is 14.8 Å². The minimum absolute atomic E-state index is 0.0855. The van der Waals surface area contributed by atoms with E-state index in [-0.39, 0.29) is 22.5 Å². The van der Waals surface area contributed by atoms with Crippen LogP contribution in [0.4, 0.5) is 8.78 Å². The van der Waals surface area contributed by atoms with Gasteiger partial charge in [-0.25, -0.2) is 8.78 Å². The highest BCUT2D eigenvalue weighted by atomic mass is 19.2. The van der Waals surface area contributed by atoms with Gasteiger partial charge in [0.15, 0.2) is 11.6 Å². The number of methoxy groups -OCH3 is 1. The topological polar surface area (TPSA) is 64.6 Å². The number of amides is 1. The van der Waals surface area contributed by atoms with Gasteiger partial charge in [0.25, 0.3) is 5.91 Å². The Balaban J connectivity index is 1.44. The summed E-state index contributed by atoms with van der Waals surface area (Å²) < 4.78 is 36.4. The maximum Gasteiger partial charge on any atom is 0.317 e. The molecule has 1 aliphatic heterocycles. The van der Waals surface area contributed by atoms with Crippen molar-refractivity contribution in [2.24, 2.45) is 10.8 Å². The van der Waals surface area contributed by atoms with Crippen LogP contribution in [-0.4, -0.2) is 37.7 Å². The van der Waals surface area contributed by atoms with Crippen molar-refractivity contribution in [1.82, 2.24) is 5.32 Å². The minimum Gasteiger partial charge on any atom is -0.468 e. The van der Waals surface area contributed by atoms with Crippen LogP contribution in [0.2, 0.25) is 0 Å². The number of carbonyl (C=O) groups excluding carboxylic acids is 2. The molecule has 0 atom stereocenters. The molecule has 1 aromatic rings. The molecule has 24 heavy (non-hydrogen) atoms. The number of hydrogen-bond acceptors (Lipinski definition) is 4. The molecule has 1 heterocycles. The average Bonchev–Trinajstić information content (AvgIpc) is 2.44. The first-order chi connectivity index (χ1) is 11.4. The molecule has 2 bridgehead atoms. The van der Waals surface area contributed by atoms with E-state index in [4.69, 9.17) is 9.47 Å². The van der Waals surface area contributed by atoms with Crippen LogP contribution in [0.15, 0.2) is 18.2 Å². The molecule has 1 amide bonds. The van der Waals surface area contributed by atoms with Crippen molar-refractivity contribution < 1.29 is 27.8 Å². The van der Waals surface area contributed by atoms with Gasteiger partial charge in [0.1, 0.15) is 5.41 Å². The van der Waals surface area contributed by atoms with E-state index < -0.39 is 23.0 Å². The van der Waals surface area contributed by atoms with Gasteiger partial charge in [0.2, 0.25) is 0 Å². The van der Waals surface area contributed by atoms with E-state index in [2.05, 4.69) is 5.32 Å². The molecule has 0 aromatic heterocycles. The summed E-state index contributed by atoms with van der Waals surface area (Å²) >= 11 is 0. The maximum atomic E-state index is 13.3. The van der Waals surface area contributed by atoms with Crippen molar-refractivity contribution in [2.75, 3.05) is 20.3 Å². The molecule has 0 radical (unpaired) electrons. The summed E-state index contributed by atoms with van der Waals surface area (Å²) in [6.45, 7) is 0.708. The summed E-state index contributed by atoms with van der Waals surface area (Å²) in [5.74, 6) is -2.72. The standard InChI is InChI=1S/C17H17F2NO4/c1-23-14(22)17(8-24-9-17)15-5-16(6-15,7-15)20-13(21)10-2-3-11(18)12(19)4-10/h2-4H,5-9H2,1H3,(H,20,21). The Labute approximate surface area is 137 Å². The van der Waals surface area contributed by atoms with E-state index in [0.717, 1.165) is 12.1 Å². The largest absolute Gasteiger partial charge is 0.468 e. The molecule has 128 valence electrons. The van der Waals surface area contributed by atoms with Crippen LogP contribution < -0.4 is 5.32 Å². The third kappa shape index (κ3) is 1.81. The van der Waals surface area contributed by atoms with Gasteiger partial charge in [-0.1, -0.05) is 0 Å². The number of halogens is 2. The fourth-order valence-corrected chi connectivity index (χ4v) is 4.52. The number of benzene rings is 1. The molecule has 7 heteroatoms. The van der Waals surface area contributed by atoms with Crippen molar-refractivity contribution >= 4 is 11.9 Å². The van der Waals surface area contributed by atoms with Gasteiger partial charge in [-0.2, -0.15) is 0 Å². The lowest BCUT2D eigenvalue weighted by atomic mass is 9.31. The molecule has 4 fully saturated rings. The number of hydrogen-bond donors (Lipinski definition) is 1. The summed E-state index contributed by atoms with van der Waals surface area (Å²) in [4.78, 5) is 24.4. The zero-order valence-corrected chi connectivity index (χ0v) is 13.2. The van der Waals surface area contributed by atoms with Gasteiger partial charge in [-0.3, -0.25) is 9.59 Å². The molecule has 3 saturated carbocycles. The fourth-order valence-electron chi connectivity index (χ4n) is 4.52. The van der Waals surface area contributed by atoms with Gasteiger partial charge in [0, 0.05) is 11.1 Å². The third-order valence-corrected chi connectivity index (χ3v) is 5.88. The first kappa shape index (κ1) is 15.5. The first-order valence-electron chi connectivity index (χ1n) is 7.79. The van der Waals surface area contributed by atoms with Crippen LogP contribution in [0.5, 0.6) is 0 Å². The molecule has 1 saturated heterocycles. The van der Waals surface area contributed by atoms with Crippen LogP contribution in [0.1, 0.15) is 29.6 Å². The normalized spacial score (nSPS) is 32.0. The summed E-state index contributed by atoms with van der Waals surface area (Å²) in [7, 11) is 1.37. The van der Waals surface area contributed by atoms with Crippen LogP contribution >= 0.6 is 0 Å². The smallest absolute Gasteiger partial charge is 0.317 e. The minimum atomic E-state index is -1.05. The monoisotopic (exact) mass is 337 g/mol.